The highest BCUT2D eigenvalue weighted by Gasteiger charge is 2.51. The number of thiophene rings is 1. The second kappa shape index (κ2) is 7.30. The number of halogens is 3. The van der Waals surface area contributed by atoms with Gasteiger partial charge in [0, 0.05) is 20.6 Å². The highest BCUT2D eigenvalue weighted by molar-refractivity contribution is 7.21. The van der Waals surface area contributed by atoms with E-state index in [9.17, 15) is 9.59 Å². The zero-order chi connectivity index (χ0) is 20.3. The van der Waals surface area contributed by atoms with Gasteiger partial charge in [0.05, 0.1) is 10.0 Å². The molecule has 0 atom stereocenters. The summed E-state index contributed by atoms with van der Waals surface area (Å²) in [5, 5.41) is 4.87. The number of carbonyl (C=O) groups excluding carboxylic acids is 2. The molecule has 4 aliphatic carbocycles. The molecule has 1 aromatic heterocycles. The van der Waals surface area contributed by atoms with Crippen molar-refractivity contribution in [3.63, 3.8) is 0 Å². The van der Waals surface area contributed by atoms with E-state index in [4.69, 9.17) is 39.5 Å². The first-order valence-electron chi connectivity index (χ1n) is 9.87. The number of ether oxygens (including phenoxy) is 1. The Bertz CT molecular complexity index is 983. The molecule has 0 saturated heterocycles. The van der Waals surface area contributed by atoms with E-state index in [1.807, 2.05) is 0 Å². The van der Waals surface area contributed by atoms with Gasteiger partial charge in [-0.05, 0) is 68.4 Å². The molecule has 1 amide bonds. The topological polar surface area (TPSA) is 55.4 Å². The van der Waals surface area contributed by atoms with Crippen molar-refractivity contribution < 1.29 is 14.3 Å². The third-order valence-electron chi connectivity index (χ3n) is 6.61. The molecule has 154 valence electrons. The van der Waals surface area contributed by atoms with Crippen molar-refractivity contribution >= 4 is 68.1 Å². The van der Waals surface area contributed by atoms with Crippen LogP contribution in [0.5, 0.6) is 0 Å². The molecule has 4 fully saturated rings. The van der Waals surface area contributed by atoms with Gasteiger partial charge in [0.15, 0.2) is 6.61 Å². The molecule has 4 saturated carbocycles. The number of hydrogen-bond donors (Lipinski definition) is 1. The first kappa shape index (κ1) is 19.9. The van der Waals surface area contributed by atoms with Crippen LogP contribution < -0.4 is 5.32 Å². The van der Waals surface area contributed by atoms with Gasteiger partial charge >= 0.3 is 5.97 Å². The van der Waals surface area contributed by atoms with Crippen LogP contribution in [-0.4, -0.2) is 24.0 Å². The van der Waals surface area contributed by atoms with Crippen LogP contribution in [0.4, 0.5) is 0 Å². The number of fused-ring (bicyclic) bond motifs is 1. The number of carbonyl (C=O) groups is 2. The Kier molecular flexibility index (Phi) is 5.01. The molecule has 29 heavy (non-hydrogen) atoms. The Morgan fingerprint density at radius 3 is 2.31 bits per heavy atom. The average Bonchev–Trinajstić information content (AvgIpc) is 2.94. The van der Waals surface area contributed by atoms with Crippen molar-refractivity contribution in [2.75, 3.05) is 6.61 Å². The summed E-state index contributed by atoms with van der Waals surface area (Å²) in [7, 11) is 0. The quantitative estimate of drug-likeness (QED) is 0.547. The molecule has 1 heterocycles. The van der Waals surface area contributed by atoms with E-state index in [0.29, 0.717) is 20.1 Å². The molecule has 1 aromatic carbocycles. The van der Waals surface area contributed by atoms with Crippen LogP contribution in [0.15, 0.2) is 12.1 Å². The zero-order valence-corrected chi connectivity index (χ0v) is 18.7. The van der Waals surface area contributed by atoms with Crippen molar-refractivity contribution in [3.05, 3.63) is 32.1 Å². The summed E-state index contributed by atoms with van der Waals surface area (Å²) >= 11 is 19.7. The normalized spacial score (nSPS) is 30.0. The fourth-order valence-electron chi connectivity index (χ4n) is 6.04. The van der Waals surface area contributed by atoms with Crippen LogP contribution in [0, 0.1) is 17.8 Å². The Balaban J connectivity index is 1.25. The van der Waals surface area contributed by atoms with E-state index in [-0.39, 0.29) is 28.0 Å². The Labute approximate surface area is 187 Å². The molecule has 0 spiro atoms. The van der Waals surface area contributed by atoms with Crippen molar-refractivity contribution in [3.8, 4) is 0 Å². The summed E-state index contributed by atoms with van der Waals surface area (Å²) in [6.07, 6.45) is 7.09. The number of nitrogens with one attached hydrogen (secondary N) is 1. The largest absolute Gasteiger partial charge is 0.451 e. The predicted octanol–water partition coefficient (Wildman–Crippen LogP) is 6.10. The average molecular weight is 473 g/mol. The summed E-state index contributed by atoms with van der Waals surface area (Å²) in [5.74, 6) is 1.34. The van der Waals surface area contributed by atoms with Crippen LogP contribution in [0.3, 0.4) is 0 Å². The number of rotatable bonds is 4. The van der Waals surface area contributed by atoms with Crippen molar-refractivity contribution in [1.82, 2.24) is 5.32 Å². The zero-order valence-electron chi connectivity index (χ0n) is 15.6. The van der Waals surface area contributed by atoms with E-state index in [1.54, 1.807) is 12.1 Å². The molecule has 2 aromatic rings. The van der Waals surface area contributed by atoms with E-state index < -0.39 is 5.97 Å². The minimum Gasteiger partial charge on any atom is -0.451 e. The second-order valence-corrected chi connectivity index (χ2v) is 11.1. The lowest BCUT2D eigenvalue weighted by atomic mass is 9.53. The summed E-state index contributed by atoms with van der Waals surface area (Å²) in [5.41, 5.74) is -0.0994. The Hall–Kier alpha value is -1.01. The van der Waals surface area contributed by atoms with Gasteiger partial charge in [-0.3, -0.25) is 4.79 Å². The van der Waals surface area contributed by atoms with E-state index in [1.165, 1.54) is 19.3 Å². The van der Waals surface area contributed by atoms with Crippen LogP contribution >= 0.6 is 46.1 Å². The highest BCUT2D eigenvalue weighted by atomic mass is 35.5. The number of esters is 1. The van der Waals surface area contributed by atoms with E-state index in [0.717, 1.165) is 48.4 Å². The third kappa shape index (κ3) is 3.65. The highest BCUT2D eigenvalue weighted by Crippen LogP contribution is 2.55. The van der Waals surface area contributed by atoms with Gasteiger partial charge in [-0.15, -0.1) is 11.3 Å². The molecular weight excluding hydrogens is 453 g/mol. The molecule has 8 heteroatoms. The molecule has 0 unspecified atom stereocenters. The summed E-state index contributed by atoms with van der Waals surface area (Å²) < 4.78 is 5.99. The van der Waals surface area contributed by atoms with Gasteiger partial charge in [0.25, 0.3) is 5.91 Å². The molecule has 4 nitrogen and oxygen atoms in total. The lowest BCUT2D eigenvalue weighted by Gasteiger charge is -2.56. The fraction of sp³-hybridized carbons (Fsp3) is 0.524. The fourth-order valence-corrected chi connectivity index (χ4v) is 8.30. The molecule has 4 aliphatic rings. The lowest BCUT2D eigenvalue weighted by molar-refractivity contribution is -0.130. The van der Waals surface area contributed by atoms with Crippen molar-refractivity contribution in [2.45, 2.75) is 44.1 Å². The minimum atomic E-state index is -0.621. The summed E-state index contributed by atoms with van der Waals surface area (Å²) in [4.78, 5) is 25.3. The summed E-state index contributed by atoms with van der Waals surface area (Å²) in [6, 6.07) is 3.29. The maximum atomic E-state index is 12.6. The van der Waals surface area contributed by atoms with Crippen molar-refractivity contribution in [2.24, 2.45) is 17.8 Å². The van der Waals surface area contributed by atoms with Gasteiger partial charge in [0.2, 0.25) is 0 Å². The molecular formula is C21H20Cl3NO3S. The first-order chi connectivity index (χ1) is 13.8. The monoisotopic (exact) mass is 471 g/mol. The Morgan fingerprint density at radius 1 is 1.07 bits per heavy atom. The van der Waals surface area contributed by atoms with Crippen LogP contribution in [-0.2, 0) is 9.53 Å². The number of benzene rings is 1. The standard InChI is InChI=1S/C21H20Cl3NO3S/c22-13-4-14(23)17-15(5-13)29-19(18(17)24)20(27)28-9-16(26)25-21-6-10-1-11(7-21)3-12(2-10)8-21/h4-5,10-12H,1-3,6-9H2,(H,25,26). The number of amides is 1. The smallest absolute Gasteiger partial charge is 0.350 e. The van der Waals surface area contributed by atoms with Crippen molar-refractivity contribution in [1.29, 1.82) is 0 Å². The molecule has 4 bridgehead atoms. The van der Waals surface area contributed by atoms with Gasteiger partial charge in [0.1, 0.15) is 4.88 Å². The third-order valence-corrected chi connectivity index (χ3v) is 8.74. The van der Waals surface area contributed by atoms with Gasteiger partial charge in [-0.25, -0.2) is 4.79 Å². The first-order valence-corrected chi connectivity index (χ1v) is 11.8. The van der Waals surface area contributed by atoms with E-state index in [2.05, 4.69) is 5.32 Å². The molecule has 6 rings (SSSR count). The SMILES string of the molecule is O=C(COC(=O)c1sc2cc(Cl)cc(Cl)c2c1Cl)NC12CC3CC(CC(C3)C1)C2. The van der Waals surface area contributed by atoms with Crippen LogP contribution in [0.2, 0.25) is 15.1 Å². The van der Waals surface area contributed by atoms with Crippen LogP contribution in [0.1, 0.15) is 48.2 Å². The maximum Gasteiger partial charge on any atom is 0.350 e. The molecule has 0 aliphatic heterocycles. The number of hydrogen-bond acceptors (Lipinski definition) is 4. The predicted molar refractivity (Wildman–Crippen MR) is 116 cm³/mol. The lowest BCUT2D eigenvalue weighted by Crippen LogP contribution is -2.60. The minimum absolute atomic E-state index is 0.0994. The maximum absolute atomic E-state index is 12.6. The second-order valence-electron chi connectivity index (χ2n) is 8.83. The van der Waals surface area contributed by atoms with Gasteiger partial charge in [-0.2, -0.15) is 0 Å². The van der Waals surface area contributed by atoms with Gasteiger partial charge < -0.3 is 10.1 Å². The molecule has 0 radical (unpaired) electrons. The Morgan fingerprint density at radius 2 is 1.69 bits per heavy atom. The molecule has 1 N–H and O–H groups in total. The van der Waals surface area contributed by atoms with Gasteiger partial charge in [-0.1, -0.05) is 34.8 Å². The van der Waals surface area contributed by atoms with E-state index >= 15 is 0 Å². The summed E-state index contributed by atoms with van der Waals surface area (Å²) in [6.45, 7) is -0.306. The van der Waals surface area contributed by atoms with Crippen LogP contribution in [0.25, 0.3) is 10.1 Å².